The van der Waals surface area contributed by atoms with Crippen LogP contribution < -0.4 is 4.74 Å². The Morgan fingerprint density at radius 1 is 1.20 bits per heavy atom. The van der Waals surface area contributed by atoms with E-state index >= 15 is 0 Å². The van der Waals surface area contributed by atoms with Gasteiger partial charge in [0.1, 0.15) is 5.75 Å². The number of nitrogens with zero attached hydrogens (tertiary/aromatic N) is 1. The Bertz CT molecular complexity index is 667. The number of nitro benzene ring substituents is 1. The molecule has 0 amide bonds. The second-order valence-corrected chi connectivity index (χ2v) is 4.05. The largest absolute Gasteiger partial charge is 0.454 e. The number of ether oxygens (including phenoxy) is 1. The van der Waals surface area contributed by atoms with Crippen LogP contribution in [0.2, 0.25) is 0 Å². The number of nitro groups is 1. The van der Waals surface area contributed by atoms with Gasteiger partial charge >= 0.3 is 0 Å². The molecule has 0 spiro atoms. The van der Waals surface area contributed by atoms with Crippen molar-refractivity contribution in [3.8, 4) is 11.5 Å². The van der Waals surface area contributed by atoms with Crippen molar-refractivity contribution < 1.29 is 18.8 Å². The highest BCUT2D eigenvalue weighted by Crippen LogP contribution is 2.26. The van der Waals surface area contributed by atoms with Gasteiger partial charge in [0.2, 0.25) is 0 Å². The zero-order valence-electron chi connectivity index (χ0n) is 10.5. The molecule has 2 aromatic rings. The van der Waals surface area contributed by atoms with E-state index < -0.39 is 10.7 Å². The van der Waals surface area contributed by atoms with Crippen molar-refractivity contribution in [2.75, 3.05) is 0 Å². The van der Waals surface area contributed by atoms with Gasteiger partial charge in [0.05, 0.1) is 4.92 Å². The molecule has 0 radical (unpaired) electrons. The Labute approximate surface area is 113 Å². The van der Waals surface area contributed by atoms with Crippen molar-refractivity contribution in [1.29, 1.82) is 0 Å². The van der Waals surface area contributed by atoms with E-state index in [9.17, 15) is 19.3 Å². The summed E-state index contributed by atoms with van der Waals surface area (Å²) in [5, 5.41) is 10.5. The van der Waals surface area contributed by atoms with Gasteiger partial charge in [-0.25, -0.2) is 4.39 Å². The van der Waals surface area contributed by atoms with Crippen LogP contribution in [-0.2, 0) is 0 Å². The van der Waals surface area contributed by atoms with Gasteiger partial charge in [-0.15, -0.1) is 0 Å². The van der Waals surface area contributed by atoms with E-state index in [1.54, 1.807) is 0 Å². The Morgan fingerprint density at radius 2 is 1.85 bits per heavy atom. The first kappa shape index (κ1) is 13.7. The van der Waals surface area contributed by atoms with Crippen LogP contribution in [0.3, 0.4) is 0 Å². The molecule has 0 aromatic heterocycles. The molecule has 20 heavy (non-hydrogen) atoms. The van der Waals surface area contributed by atoms with Crippen LogP contribution in [0.25, 0.3) is 0 Å². The fourth-order valence-electron chi connectivity index (χ4n) is 1.57. The second-order valence-electron chi connectivity index (χ2n) is 4.05. The normalized spacial score (nSPS) is 10.1. The maximum Gasteiger partial charge on any atom is 0.269 e. The number of non-ortho nitro benzene ring substituents is 1. The number of carbonyl (C=O) groups excluding carboxylic acids is 1. The maximum absolute atomic E-state index is 13.7. The lowest BCUT2D eigenvalue weighted by Gasteiger charge is -2.07. The first-order valence-electron chi connectivity index (χ1n) is 5.70. The third-order valence-electron chi connectivity index (χ3n) is 2.61. The Hall–Kier alpha value is -2.76. The monoisotopic (exact) mass is 275 g/mol. The van der Waals surface area contributed by atoms with Gasteiger partial charge in [0.25, 0.3) is 5.69 Å². The zero-order valence-corrected chi connectivity index (χ0v) is 10.5. The van der Waals surface area contributed by atoms with Crippen molar-refractivity contribution in [3.05, 3.63) is 64.0 Å². The fourth-order valence-corrected chi connectivity index (χ4v) is 1.57. The van der Waals surface area contributed by atoms with Gasteiger partial charge in [-0.3, -0.25) is 14.9 Å². The average molecular weight is 275 g/mol. The van der Waals surface area contributed by atoms with Crippen molar-refractivity contribution in [2.45, 2.75) is 6.92 Å². The summed E-state index contributed by atoms with van der Waals surface area (Å²) in [6.07, 6.45) is 0. The lowest BCUT2D eigenvalue weighted by atomic mass is 10.1. The minimum Gasteiger partial charge on any atom is -0.454 e. The Balaban J connectivity index is 2.21. The summed E-state index contributed by atoms with van der Waals surface area (Å²) < 4.78 is 19.0. The Kier molecular flexibility index (Phi) is 3.74. The Morgan fingerprint density at radius 3 is 2.35 bits per heavy atom. The minimum atomic E-state index is -0.670. The summed E-state index contributed by atoms with van der Waals surface area (Å²) in [6, 6.07) is 9.14. The number of Topliss-reactive ketones (excluding diaryl/α,β-unsaturated/α-hetero) is 1. The predicted octanol–water partition coefficient (Wildman–Crippen LogP) is 3.73. The lowest BCUT2D eigenvalue weighted by molar-refractivity contribution is -0.384. The van der Waals surface area contributed by atoms with E-state index in [2.05, 4.69) is 0 Å². The van der Waals surface area contributed by atoms with Crippen LogP contribution in [0.5, 0.6) is 11.5 Å². The van der Waals surface area contributed by atoms with E-state index in [0.717, 1.165) is 6.07 Å². The van der Waals surface area contributed by atoms with Crippen LogP contribution in [0, 0.1) is 15.9 Å². The molecule has 6 heteroatoms. The highest BCUT2D eigenvalue weighted by Gasteiger charge is 2.10. The van der Waals surface area contributed by atoms with E-state index in [4.69, 9.17) is 4.74 Å². The molecule has 0 fully saturated rings. The molecule has 0 saturated carbocycles. The molecular weight excluding hydrogens is 265 g/mol. The van der Waals surface area contributed by atoms with E-state index in [1.807, 2.05) is 0 Å². The number of halogens is 1. The number of hydrogen-bond donors (Lipinski definition) is 0. The number of carbonyl (C=O) groups is 1. The molecule has 0 heterocycles. The maximum atomic E-state index is 13.7. The van der Waals surface area contributed by atoms with Gasteiger partial charge < -0.3 is 4.74 Å². The van der Waals surface area contributed by atoms with Crippen molar-refractivity contribution in [3.63, 3.8) is 0 Å². The van der Waals surface area contributed by atoms with Crippen molar-refractivity contribution >= 4 is 11.5 Å². The smallest absolute Gasteiger partial charge is 0.269 e. The molecule has 0 unspecified atom stereocenters. The number of rotatable bonds is 4. The van der Waals surface area contributed by atoms with Crippen LogP contribution in [0.15, 0.2) is 42.5 Å². The van der Waals surface area contributed by atoms with Crippen molar-refractivity contribution in [2.24, 2.45) is 0 Å². The molecule has 0 saturated heterocycles. The fraction of sp³-hybridized carbons (Fsp3) is 0.0714. The quantitative estimate of drug-likeness (QED) is 0.484. The van der Waals surface area contributed by atoms with E-state index in [1.165, 1.54) is 43.3 Å². The zero-order chi connectivity index (χ0) is 14.7. The highest BCUT2D eigenvalue weighted by molar-refractivity contribution is 5.94. The molecule has 0 bridgehead atoms. The first-order chi connectivity index (χ1) is 9.47. The van der Waals surface area contributed by atoms with E-state index in [0.29, 0.717) is 0 Å². The summed E-state index contributed by atoms with van der Waals surface area (Å²) in [5.74, 6) is -0.698. The summed E-state index contributed by atoms with van der Waals surface area (Å²) in [7, 11) is 0. The molecular formula is C14H10FNO4. The lowest BCUT2D eigenvalue weighted by Crippen LogP contribution is -1.95. The molecule has 0 aliphatic rings. The van der Waals surface area contributed by atoms with Gasteiger partial charge in [0.15, 0.2) is 17.3 Å². The number of benzene rings is 2. The summed E-state index contributed by atoms with van der Waals surface area (Å²) in [4.78, 5) is 21.1. The van der Waals surface area contributed by atoms with Crippen molar-refractivity contribution in [1.82, 2.24) is 0 Å². The van der Waals surface area contributed by atoms with Gasteiger partial charge in [-0.05, 0) is 37.3 Å². The highest BCUT2D eigenvalue weighted by atomic mass is 19.1. The van der Waals surface area contributed by atoms with Gasteiger partial charge in [-0.1, -0.05) is 0 Å². The molecule has 5 nitrogen and oxygen atoms in total. The second kappa shape index (κ2) is 5.48. The molecule has 102 valence electrons. The summed E-state index contributed by atoms with van der Waals surface area (Å²) in [6.45, 7) is 1.34. The van der Waals surface area contributed by atoms with Crippen LogP contribution in [-0.4, -0.2) is 10.7 Å². The van der Waals surface area contributed by atoms with Crippen LogP contribution in [0.4, 0.5) is 10.1 Å². The third-order valence-corrected chi connectivity index (χ3v) is 2.61. The predicted molar refractivity (Wildman–Crippen MR) is 69.6 cm³/mol. The SMILES string of the molecule is CC(=O)c1ccc(Oc2ccc([N+](=O)[O-])cc2)c(F)c1. The topological polar surface area (TPSA) is 69.4 Å². The minimum absolute atomic E-state index is 0.0520. The molecule has 0 aliphatic heterocycles. The third kappa shape index (κ3) is 2.97. The summed E-state index contributed by atoms with van der Waals surface area (Å²) >= 11 is 0. The standard InChI is InChI=1S/C14H10FNO4/c1-9(17)10-2-7-14(13(15)8-10)20-12-5-3-11(4-6-12)16(18)19/h2-8H,1H3. The summed E-state index contributed by atoms with van der Waals surface area (Å²) in [5.41, 5.74) is 0.170. The van der Waals surface area contributed by atoms with Gasteiger partial charge in [-0.2, -0.15) is 0 Å². The molecule has 0 N–H and O–H groups in total. The average Bonchev–Trinajstić information content (AvgIpc) is 2.41. The number of hydrogen-bond acceptors (Lipinski definition) is 4. The molecule has 0 atom stereocenters. The number of ketones is 1. The van der Waals surface area contributed by atoms with Crippen LogP contribution in [0.1, 0.15) is 17.3 Å². The van der Waals surface area contributed by atoms with Crippen LogP contribution >= 0.6 is 0 Å². The first-order valence-corrected chi connectivity index (χ1v) is 5.70. The van der Waals surface area contributed by atoms with E-state index in [-0.39, 0.29) is 28.5 Å². The molecule has 2 aromatic carbocycles. The molecule has 2 rings (SSSR count). The molecule has 0 aliphatic carbocycles. The van der Waals surface area contributed by atoms with Gasteiger partial charge in [0, 0.05) is 17.7 Å².